The van der Waals surface area contributed by atoms with Gasteiger partial charge in [-0.15, -0.1) is 0 Å². The molecule has 0 radical (unpaired) electrons. The van der Waals surface area contributed by atoms with Crippen LogP contribution in [0.3, 0.4) is 0 Å². The Bertz CT molecular complexity index is 1700. The van der Waals surface area contributed by atoms with Crippen molar-refractivity contribution in [2.24, 2.45) is 11.8 Å². The van der Waals surface area contributed by atoms with E-state index in [0.29, 0.717) is 29.2 Å². The predicted molar refractivity (Wildman–Crippen MR) is 175 cm³/mol. The number of alkyl halides is 3. The van der Waals surface area contributed by atoms with Crippen LogP contribution in [0.1, 0.15) is 31.2 Å². The molecule has 0 amide bonds. The Kier molecular flexibility index (Phi) is 12.0. The number of hydrogen-bond donors (Lipinski definition) is 3. The lowest BCUT2D eigenvalue weighted by atomic mass is 9.82. The van der Waals surface area contributed by atoms with Crippen LogP contribution in [0, 0.1) is 11.8 Å². The van der Waals surface area contributed by atoms with Crippen LogP contribution in [-0.2, 0) is 21.4 Å². The van der Waals surface area contributed by atoms with Gasteiger partial charge in [0.05, 0.1) is 10.4 Å². The molecule has 5 rings (SSSR count). The summed E-state index contributed by atoms with van der Waals surface area (Å²) in [4.78, 5) is 21.1. The maximum absolute atomic E-state index is 12.6. The van der Waals surface area contributed by atoms with E-state index in [2.05, 4.69) is 68.2 Å². The van der Waals surface area contributed by atoms with E-state index < -0.39 is 22.2 Å². The average Bonchev–Trinajstić information content (AvgIpc) is 3.03. The number of rotatable bonds is 10. The van der Waals surface area contributed by atoms with Gasteiger partial charge in [0.1, 0.15) is 5.82 Å². The summed E-state index contributed by atoms with van der Waals surface area (Å²) in [5.74, 6) is -0.347. The summed E-state index contributed by atoms with van der Waals surface area (Å²) < 4.78 is 60.7. The Morgan fingerprint density at radius 1 is 0.913 bits per heavy atom. The first-order valence-electron chi connectivity index (χ1n) is 14.6. The van der Waals surface area contributed by atoms with Crippen LogP contribution in [0.2, 0.25) is 0 Å². The van der Waals surface area contributed by atoms with Gasteiger partial charge in [0, 0.05) is 36.5 Å². The summed E-state index contributed by atoms with van der Waals surface area (Å²) in [5.41, 5.74) is 2.15. The van der Waals surface area contributed by atoms with Crippen molar-refractivity contribution in [3.63, 3.8) is 0 Å². The minimum Gasteiger partial charge on any atom is -0.475 e. The van der Waals surface area contributed by atoms with Crippen LogP contribution in [0.4, 0.5) is 24.9 Å². The van der Waals surface area contributed by atoms with Gasteiger partial charge in [-0.3, -0.25) is 0 Å². The molecule has 1 saturated carbocycles. The summed E-state index contributed by atoms with van der Waals surface area (Å²) in [6.45, 7) is 2.04. The number of aliphatic carboxylic acids is 1. The highest BCUT2D eigenvalue weighted by Gasteiger charge is 2.38. The highest BCUT2D eigenvalue weighted by atomic mass is 79.9. The number of benzene rings is 3. The number of sulfonamides is 1. The maximum atomic E-state index is 12.6. The molecule has 9 nitrogen and oxygen atoms in total. The van der Waals surface area contributed by atoms with E-state index in [1.165, 1.54) is 5.56 Å². The van der Waals surface area contributed by atoms with Crippen molar-refractivity contribution < 1.29 is 31.5 Å². The molecule has 0 bridgehead atoms. The summed E-state index contributed by atoms with van der Waals surface area (Å²) in [5, 5.41) is 11.7. The normalized spacial score (nSPS) is 16.7. The van der Waals surface area contributed by atoms with Crippen molar-refractivity contribution in [1.29, 1.82) is 0 Å². The van der Waals surface area contributed by atoms with Gasteiger partial charge in [-0.1, -0.05) is 58.4 Å². The van der Waals surface area contributed by atoms with Crippen molar-refractivity contribution >= 4 is 54.6 Å². The number of hydrogen-bond acceptors (Lipinski definition) is 7. The summed E-state index contributed by atoms with van der Waals surface area (Å²) in [6, 6.07) is 25.3. The van der Waals surface area contributed by atoms with Crippen LogP contribution in [-0.4, -0.2) is 55.8 Å². The molecule has 0 spiro atoms. The zero-order chi connectivity index (χ0) is 33.3. The second kappa shape index (κ2) is 15.7. The fourth-order valence-electron chi connectivity index (χ4n) is 5.16. The predicted octanol–water partition coefficient (Wildman–Crippen LogP) is 6.86. The monoisotopic (exact) mass is 721 g/mol. The van der Waals surface area contributed by atoms with E-state index in [1.807, 2.05) is 24.3 Å². The summed E-state index contributed by atoms with van der Waals surface area (Å²) >= 11 is 3.35. The van der Waals surface area contributed by atoms with E-state index in [-0.39, 0.29) is 0 Å². The lowest BCUT2D eigenvalue weighted by Gasteiger charge is -2.29. The van der Waals surface area contributed by atoms with Gasteiger partial charge in [-0.05, 0) is 79.5 Å². The molecule has 1 aromatic heterocycles. The molecule has 46 heavy (non-hydrogen) atoms. The van der Waals surface area contributed by atoms with E-state index in [4.69, 9.17) is 19.9 Å². The van der Waals surface area contributed by atoms with Gasteiger partial charge < -0.3 is 15.3 Å². The van der Waals surface area contributed by atoms with Crippen LogP contribution < -0.4 is 14.9 Å². The van der Waals surface area contributed by atoms with E-state index >= 15 is 0 Å². The lowest BCUT2D eigenvalue weighted by molar-refractivity contribution is -0.192. The van der Waals surface area contributed by atoms with Crippen LogP contribution >= 0.6 is 15.9 Å². The number of nitrogens with one attached hydrogen (secondary N) is 2. The average molecular weight is 723 g/mol. The first kappa shape index (κ1) is 35.1. The number of anilines is 2. The van der Waals surface area contributed by atoms with Crippen molar-refractivity contribution in [2.45, 2.75) is 43.3 Å². The van der Waals surface area contributed by atoms with Gasteiger partial charge in [0.2, 0.25) is 16.0 Å². The van der Waals surface area contributed by atoms with Gasteiger partial charge in [0.15, 0.2) is 0 Å². The zero-order valence-electron chi connectivity index (χ0n) is 25.0. The van der Waals surface area contributed by atoms with E-state index in [9.17, 15) is 21.6 Å². The van der Waals surface area contributed by atoms with Crippen molar-refractivity contribution in [3.05, 3.63) is 88.9 Å². The van der Waals surface area contributed by atoms with E-state index in [0.717, 1.165) is 60.0 Å². The van der Waals surface area contributed by atoms with Crippen molar-refractivity contribution in [2.75, 3.05) is 30.4 Å². The molecule has 0 saturated heterocycles. The Morgan fingerprint density at radius 3 is 2.09 bits per heavy atom. The molecule has 1 aliphatic rings. The number of halogens is 4. The summed E-state index contributed by atoms with van der Waals surface area (Å²) in [7, 11) is -1.42. The molecular weight excluding hydrogens is 687 g/mol. The molecule has 14 heteroatoms. The zero-order valence-corrected chi connectivity index (χ0v) is 27.4. The molecule has 0 atom stereocenters. The Morgan fingerprint density at radius 2 is 1.48 bits per heavy atom. The smallest absolute Gasteiger partial charge is 0.475 e. The molecule has 3 aromatic carbocycles. The second-order valence-electron chi connectivity index (χ2n) is 11.1. The topological polar surface area (TPSA) is 125 Å². The molecule has 3 N–H and O–H groups in total. The first-order valence-corrected chi connectivity index (χ1v) is 16.9. The molecule has 0 aliphatic heterocycles. The van der Waals surface area contributed by atoms with Crippen molar-refractivity contribution in [3.8, 4) is 0 Å². The standard InChI is InChI=1S/C30H34BrN5O2S.C2HF3O2/c1-36(21-24-7-3-2-4-8-24)29-27-9-5-6-10-28(27)34-30(35-29)32-19-22-11-13-23(14-12-22)20-33-39(37,38)26-17-15-25(31)16-18-26;3-2(4,5)1(6)7/h2-10,15-18,22-23,33H,11-14,19-21H2,1H3,(H,32,34,35);(H,6,7). The Hall–Kier alpha value is -3.75. The quantitative estimate of drug-likeness (QED) is 0.162. The number of para-hydroxylation sites is 1. The minimum atomic E-state index is -5.08. The highest BCUT2D eigenvalue weighted by molar-refractivity contribution is 9.10. The SMILES string of the molecule is CN(Cc1ccccc1)c1nc(NCC2CCC(CNS(=O)(=O)c3ccc(Br)cc3)CC2)nc2ccccc12.O=C(O)C(F)(F)F. The Balaban J connectivity index is 0.000000617. The van der Waals surface area contributed by atoms with E-state index in [1.54, 1.807) is 24.3 Å². The van der Waals surface area contributed by atoms with Crippen molar-refractivity contribution in [1.82, 2.24) is 14.7 Å². The highest BCUT2D eigenvalue weighted by Crippen LogP contribution is 2.30. The largest absolute Gasteiger partial charge is 0.490 e. The molecule has 1 heterocycles. The number of nitrogens with zero attached hydrogens (tertiary/aromatic N) is 3. The Labute approximate surface area is 274 Å². The van der Waals surface area contributed by atoms with Gasteiger partial charge in [-0.2, -0.15) is 18.2 Å². The third-order valence-corrected chi connectivity index (χ3v) is 9.62. The number of aromatic nitrogens is 2. The number of carboxylic acid groups (broad SMARTS) is 1. The molecule has 1 aliphatic carbocycles. The molecule has 1 fully saturated rings. The van der Waals surface area contributed by atoms with Crippen LogP contribution in [0.15, 0.2) is 88.2 Å². The van der Waals surface area contributed by atoms with Gasteiger partial charge in [-0.25, -0.2) is 22.9 Å². The molecule has 246 valence electrons. The lowest BCUT2D eigenvalue weighted by Crippen LogP contribution is -2.32. The fourth-order valence-corrected chi connectivity index (χ4v) is 6.54. The number of carboxylic acids is 1. The maximum Gasteiger partial charge on any atom is 0.490 e. The van der Waals surface area contributed by atoms with Gasteiger partial charge >= 0.3 is 12.1 Å². The number of fused-ring (bicyclic) bond motifs is 1. The number of carbonyl (C=O) groups is 1. The molecule has 4 aromatic rings. The third-order valence-electron chi connectivity index (χ3n) is 7.65. The van der Waals surface area contributed by atoms with Crippen LogP contribution in [0.5, 0.6) is 0 Å². The molecular formula is C32H35BrF3N5O4S. The third kappa shape index (κ3) is 10.1. The summed E-state index contributed by atoms with van der Waals surface area (Å²) in [6.07, 6.45) is -0.990. The van der Waals surface area contributed by atoms with Gasteiger partial charge in [0.25, 0.3) is 0 Å². The fraction of sp³-hybridized carbons (Fsp3) is 0.344. The molecule has 0 unspecified atom stereocenters. The first-order chi connectivity index (χ1) is 21.8. The van der Waals surface area contributed by atoms with Crippen LogP contribution in [0.25, 0.3) is 10.9 Å². The minimum absolute atomic E-state index is 0.299. The second-order valence-corrected chi connectivity index (χ2v) is 13.8.